The van der Waals surface area contributed by atoms with Gasteiger partial charge < -0.3 is 10.2 Å². The molecular weight excluding hydrogens is 284 g/mol. The fourth-order valence-electron chi connectivity index (χ4n) is 1.72. The molecule has 3 aromatic rings. The molecule has 6 heteroatoms. The van der Waals surface area contributed by atoms with Gasteiger partial charge in [-0.3, -0.25) is 4.57 Å². The Balaban J connectivity index is 2.12. The number of nitrogens with two attached hydrogens (primary N) is 1. The van der Waals surface area contributed by atoms with Crippen molar-refractivity contribution < 1.29 is 4.42 Å². The van der Waals surface area contributed by atoms with Crippen molar-refractivity contribution in [1.82, 2.24) is 14.5 Å². The van der Waals surface area contributed by atoms with Crippen LogP contribution < -0.4 is 5.73 Å². The lowest BCUT2D eigenvalue weighted by molar-refractivity contribution is 0.497. The molecule has 0 aliphatic heterocycles. The second kappa shape index (κ2) is 3.89. The number of nitrogens with zero attached hydrogens (tertiary/aromatic N) is 3. The van der Waals surface area contributed by atoms with Crippen molar-refractivity contribution in [2.75, 3.05) is 5.73 Å². The highest BCUT2D eigenvalue weighted by atomic mass is 79.9. The fraction of sp³-hybridized carbons (Fsp3) is 0.0909. The van der Waals surface area contributed by atoms with Crippen molar-refractivity contribution in [1.29, 1.82) is 0 Å². The smallest absolute Gasteiger partial charge is 0.202 e. The normalized spacial score (nSPS) is 11.1. The zero-order valence-corrected chi connectivity index (χ0v) is 10.4. The molecule has 0 bridgehead atoms. The quantitative estimate of drug-likeness (QED) is 0.787. The first kappa shape index (κ1) is 10.3. The summed E-state index contributed by atoms with van der Waals surface area (Å²) in [7, 11) is 0. The number of imidazole rings is 1. The van der Waals surface area contributed by atoms with Crippen molar-refractivity contribution in [3.8, 4) is 0 Å². The minimum atomic E-state index is 0.432. The van der Waals surface area contributed by atoms with E-state index in [-0.39, 0.29) is 0 Å². The number of fused-ring (bicyclic) bond motifs is 1. The highest BCUT2D eigenvalue weighted by molar-refractivity contribution is 9.10. The van der Waals surface area contributed by atoms with Crippen LogP contribution in [-0.4, -0.2) is 14.5 Å². The molecule has 0 amide bonds. The van der Waals surface area contributed by atoms with Crippen molar-refractivity contribution in [2.45, 2.75) is 6.54 Å². The molecule has 0 aliphatic rings. The number of furan rings is 1. The molecular formula is C11H9BrN4O. The molecule has 5 nitrogen and oxygen atoms in total. The van der Waals surface area contributed by atoms with E-state index >= 15 is 0 Å². The minimum Gasteiger partial charge on any atom is -0.467 e. The predicted molar refractivity (Wildman–Crippen MR) is 67.5 cm³/mol. The Morgan fingerprint density at radius 1 is 1.47 bits per heavy atom. The third-order valence-electron chi connectivity index (χ3n) is 2.48. The average Bonchev–Trinajstić information content (AvgIpc) is 2.88. The molecule has 3 heterocycles. The minimum absolute atomic E-state index is 0.432. The number of pyridine rings is 1. The highest BCUT2D eigenvalue weighted by Gasteiger charge is 2.11. The van der Waals surface area contributed by atoms with Crippen LogP contribution in [0.2, 0.25) is 0 Å². The molecule has 86 valence electrons. The van der Waals surface area contributed by atoms with Crippen molar-refractivity contribution in [3.05, 3.63) is 40.9 Å². The molecule has 3 aromatic heterocycles. The van der Waals surface area contributed by atoms with Crippen LogP contribution in [0.5, 0.6) is 0 Å². The van der Waals surface area contributed by atoms with Crippen molar-refractivity contribution in [3.63, 3.8) is 0 Å². The molecule has 0 saturated carbocycles. The van der Waals surface area contributed by atoms with E-state index in [2.05, 4.69) is 25.9 Å². The average molecular weight is 293 g/mol. The lowest BCUT2D eigenvalue weighted by Gasteiger charge is -2.02. The van der Waals surface area contributed by atoms with E-state index in [9.17, 15) is 0 Å². The Bertz CT molecular complexity index is 659. The molecule has 3 rings (SSSR count). The van der Waals surface area contributed by atoms with Crippen LogP contribution >= 0.6 is 15.9 Å². The van der Waals surface area contributed by atoms with Gasteiger partial charge in [0.15, 0.2) is 5.65 Å². The first-order valence-corrected chi connectivity index (χ1v) is 5.83. The summed E-state index contributed by atoms with van der Waals surface area (Å²) in [6.45, 7) is 0.532. The molecule has 0 aliphatic carbocycles. The van der Waals surface area contributed by atoms with Gasteiger partial charge in [-0.2, -0.15) is 0 Å². The Morgan fingerprint density at radius 3 is 3.12 bits per heavy atom. The van der Waals surface area contributed by atoms with Gasteiger partial charge in [-0.25, -0.2) is 9.97 Å². The Hall–Kier alpha value is -1.82. The maximum atomic E-state index is 5.87. The van der Waals surface area contributed by atoms with Gasteiger partial charge >= 0.3 is 0 Å². The molecule has 0 spiro atoms. The SMILES string of the molecule is Nc1nc2cc(Br)cnc2n1Cc1ccco1. The van der Waals surface area contributed by atoms with Crippen LogP contribution in [-0.2, 0) is 6.54 Å². The maximum absolute atomic E-state index is 5.87. The Morgan fingerprint density at radius 2 is 2.35 bits per heavy atom. The van der Waals surface area contributed by atoms with Crippen LogP contribution in [0.15, 0.2) is 39.5 Å². The molecule has 17 heavy (non-hydrogen) atoms. The van der Waals surface area contributed by atoms with Crippen LogP contribution in [0, 0.1) is 0 Å². The summed E-state index contributed by atoms with van der Waals surface area (Å²) < 4.78 is 8.00. The summed E-state index contributed by atoms with van der Waals surface area (Å²) in [5.74, 6) is 1.25. The number of nitrogen functional groups attached to an aromatic ring is 1. The summed E-state index contributed by atoms with van der Waals surface area (Å²) in [5, 5.41) is 0. The number of anilines is 1. The lowest BCUT2D eigenvalue weighted by Crippen LogP contribution is -2.04. The van der Waals surface area contributed by atoms with E-state index in [0.29, 0.717) is 12.5 Å². The van der Waals surface area contributed by atoms with Gasteiger partial charge in [-0.15, -0.1) is 0 Å². The van der Waals surface area contributed by atoms with Crippen LogP contribution in [0.25, 0.3) is 11.2 Å². The van der Waals surface area contributed by atoms with Gasteiger partial charge in [-0.05, 0) is 34.1 Å². The Labute approximate surface area is 105 Å². The number of rotatable bonds is 2. The summed E-state index contributed by atoms with van der Waals surface area (Å²) in [4.78, 5) is 8.58. The summed E-state index contributed by atoms with van der Waals surface area (Å²) in [5.41, 5.74) is 7.39. The third-order valence-corrected chi connectivity index (χ3v) is 2.91. The van der Waals surface area contributed by atoms with Gasteiger partial charge in [-0.1, -0.05) is 0 Å². The topological polar surface area (TPSA) is 69.9 Å². The first-order valence-electron chi connectivity index (χ1n) is 5.03. The van der Waals surface area contributed by atoms with E-state index in [1.807, 2.05) is 22.8 Å². The second-order valence-corrected chi connectivity index (χ2v) is 4.55. The first-order chi connectivity index (χ1) is 8.24. The van der Waals surface area contributed by atoms with E-state index in [1.54, 1.807) is 12.5 Å². The predicted octanol–water partition coefficient (Wildman–Crippen LogP) is 2.42. The zero-order valence-electron chi connectivity index (χ0n) is 8.80. The van der Waals surface area contributed by atoms with Crippen molar-refractivity contribution >= 4 is 33.0 Å². The van der Waals surface area contributed by atoms with Gasteiger partial charge in [0.25, 0.3) is 0 Å². The number of hydrogen-bond acceptors (Lipinski definition) is 4. The van der Waals surface area contributed by atoms with E-state index in [1.165, 1.54) is 0 Å². The molecule has 0 atom stereocenters. The zero-order chi connectivity index (χ0) is 11.8. The number of aromatic nitrogens is 3. The van der Waals surface area contributed by atoms with Crippen LogP contribution in [0.4, 0.5) is 5.95 Å². The maximum Gasteiger partial charge on any atom is 0.202 e. The van der Waals surface area contributed by atoms with Gasteiger partial charge in [0.05, 0.1) is 12.8 Å². The van der Waals surface area contributed by atoms with Gasteiger partial charge in [0, 0.05) is 10.7 Å². The third kappa shape index (κ3) is 1.80. The summed E-state index contributed by atoms with van der Waals surface area (Å²) in [6, 6.07) is 5.62. The summed E-state index contributed by atoms with van der Waals surface area (Å²) >= 11 is 3.36. The van der Waals surface area contributed by atoms with E-state index in [4.69, 9.17) is 10.2 Å². The van der Waals surface area contributed by atoms with Crippen LogP contribution in [0.3, 0.4) is 0 Å². The van der Waals surface area contributed by atoms with Crippen molar-refractivity contribution in [2.24, 2.45) is 0 Å². The van der Waals surface area contributed by atoms with Gasteiger partial charge in [0.2, 0.25) is 5.95 Å². The number of hydrogen-bond donors (Lipinski definition) is 1. The molecule has 0 fully saturated rings. The largest absolute Gasteiger partial charge is 0.467 e. The number of halogens is 1. The lowest BCUT2D eigenvalue weighted by atomic mass is 10.4. The summed E-state index contributed by atoms with van der Waals surface area (Å²) in [6.07, 6.45) is 3.36. The molecule has 0 aromatic carbocycles. The monoisotopic (exact) mass is 292 g/mol. The molecule has 0 unspecified atom stereocenters. The molecule has 2 N–H and O–H groups in total. The van der Waals surface area contributed by atoms with Gasteiger partial charge in [0.1, 0.15) is 11.3 Å². The molecule has 0 radical (unpaired) electrons. The fourth-order valence-corrected chi connectivity index (χ4v) is 2.04. The van der Waals surface area contributed by atoms with Crippen LogP contribution in [0.1, 0.15) is 5.76 Å². The molecule has 0 saturated heterocycles. The van der Waals surface area contributed by atoms with E-state index in [0.717, 1.165) is 21.4 Å². The van der Waals surface area contributed by atoms with E-state index < -0.39 is 0 Å². The second-order valence-electron chi connectivity index (χ2n) is 3.63. The Kier molecular flexibility index (Phi) is 2.36. The highest BCUT2D eigenvalue weighted by Crippen LogP contribution is 2.20. The standard InChI is InChI=1S/C11H9BrN4O/c12-7-4-9-10(14-5-7)16(11(13)15-9)6-8-2-1-3-17-8/h1-5H,6H2,(H2,13,15).